The quantitative estimate of drug-likeness (QED) is 0.550. The Bertz CT molecular complexity index is 184. The maximum Gasteiger partial charge on any atom is 0.223 e. The molecule has 0 aliphatic carbocycles. The van der Waals surface area contributed by atoms with Crippen molar-refractivity contribution in [2.45, 2.75) is 6.42 Å². The van der Waals surface area contributed by atoms with Crippen LogP contribution in [0.5, 0.6) is 0 Å². The molecule has 0 spiro atoms. The van der Waals surface area contributed by atoms with Crippen molar-refractivity contribution in [1.82, 2.24) is 15.1 Å². The Morgan fingerprint density at radius 3 is 2.38 bits per heavy atom. The van der Waals surface area contributed by atoms with E-state index >= 15 is 0 Å². The summed E-state index contributed by atoms with van der Waals surface area (Å²) in [6.07, 6.45) is 0.546. The second kappa shape index (κ2) is 9.57. The molecule has 0 unspecified atom stereocenters. The molecule has 96 valence electrons. The first-order valence-electron chi connectivity index (χ1n) is 5.67. The van der Waals surface area contributed by atoms with Gasteiger partial charge in [-0.15, -0.1) is 0 Å². The molecule has 5 heteroatoms. The van der Waals surface area contributed by atoms with Gasteiger partial charge in [0.15, 0.2) is 0 Å². The maximum absolute atomic E-state index is 11.2. The van der Waals surface area contributed by atoms with Crippen LogP contribution in [-0.4, -0.2) is 76.7 Å². The smallest absolute Gasteiger partial charge is 0.223 e. The first-order chi connectivity index (χ1) is 7.54. The van der Waals surface area contributed by atoms with Crippen LogP contribution in [0.15, 0.2) is 0 Å². The number of hydrogen-bond donors (Lipinski definition) is 1. The largest absolute Gasteiger partial charge is 0.379 e. The SMILES string of the molecule is CN(C)CCOCCNCCC(=O)N(C)C. The molecule has 16 heavy (non-hydrogen) atoms. The average molecular weight is 231 g/mol. The third-order valence-electron chi connectivity index (χ3n) is 2.12. The minimum absolute atomic E-state index is 0.154. The summed E-state index contributed by atoms with van der Waals surface area (Å²) in [6, 6.07) is 0. The molecule has 1 amide bonds. The minimum Gasteiger partial charge on any atom is -0.379 e. The van der Waals surface area contributed by atoms with Crippen molar-refractivity contribution in [1.29, 1.82) is 0 Å². The molecule has 0 atom stereocenters. The lowest BCUT2D eigenvalue weighted by molar-refractivity contribution is -0.128. The van der Waals surface area contributed by atoms with Crippen LogP contribution in [0.1, 0.15) is 6.42 Å². The number of likely N-dealkylation sites (N-methyl/N-ethyl adjacent to an activating group) is 1. The molecular weight excluding hydrogens is 206 g/mol. The lowest BCUT2D eigenvalue weighted by Gasteiger charge is -2.11. The van der Waals surface area contributed by atoms with Crippen molar-refractivity contribution in [3.05, 3.63) is 0 Å². The number of nitrogens with zero attached hydrogens (tertiary/aromatic N) is 2. The number of hydrogen-bond acceptors (Lipinski definition) is 4. The summed E-state index contributed by atoms with van der Waals surface area (Å²) < 4.78 is 5.40. The number of rotatable bonds is 9. The van der Waals surface area contributed by atoms with Gasteiger partial charge in [0.05, 0.1) is 13.2 Å². The monoisotopic (exact) mass is 231 g/mol. The number of carbonyl (C=O) groups excluding carboxylic acids is 1. The fourth-order valence-electron chi connectivity index (χ4n) is 1.04. The highest BCUT2D eigenvalue weighted by Crippen LogP contribution is 1.84. The molecule has 0 heterocycles. The van der Waals surface area contributed by atoms with E-state index in [1.165, 1.54) is 0 Å². The maximum atomic E-state index is 11.2. The van der Waals surface area contributed by atoms with E-state index in [9.17, 15) is 4.79 Å². The van der Waals surface area contributed by atoms with Gasteiger partial charge in [0.25, 0.3) is 0 Å². The second-order valence-corrected chi connectivity index (χ2v) is 4.20. The lowest BCUT2D eigenvalue weighted by Crippen LogP contribution is -2.28. The number of nitrogens with one attached hydrogen (secondary N) is 1. The molecule has 1 N–H and O–H groups in total. The van der Waals surface area contributed by atoms with E-state index in [2.05, 4.69) is 10.2 Å². The summed E-state index contributed by atoms with van der Waals surface area (Å²) in [4.78, 5) is 14.9. The van der Waals surface area contributed by atoms with Crippen LogP contribution in [0.2, 0.25) is 0 Å². The van der Waals surface area contributed by atoms with Gasteiger partial charge in [-0.25, -0.2) is 0 Å². The standard InChI is InChI=1S/C11H25N3O2/c1-13(2)8-10-16-9-7-12-6-5-11(15)14(3)4/h12H,5-10H2,1-4H3. The van der Waals surface area contributed by atoms with Gasteiger partial charge in [-0.3, -0.25) is 4.79 Å². The van der Waals surface area contributed by atoms with Gasteiger partial charge in [-0.1, -0.05) is 0 Å². The molecular formula is C11H25N3O2. The van der Waals surface area contributed by atoms with Crippen LogP contribution in [0.4, 0.5) is 0 Å². The first-order valence-corrected chi connectivity index (χ1v) is 5.67. The van der Waals surface area contributed by atoms with Crippen LogP contribution < -0.4 is 5.32 Å². The van der Waals surface area contributed by atoms with Gasteiger partial charge >= 0.3 is 0 Å². The van der Waals surface area contributed by atoms with Crippen LogP contribution >= 0.6 is 0 Å². The Morgan fingerprint density at radius 1 is 1.12 bits per heavy atom. The average Bonchev–Trinajstić information content (AvgIpc) is 2.21. The fourth-order valence-corrected chi connectivity index (χ4v) is 1.04. The van der Waals surface area contributed by atoms with Crippen molar-refractivity contribution in [2.24, 2.45) is 0 Å². The zero-order chi connectivity index (χ0) is 12.4. The van der Waals surface area contributed by atoms with Gasteiger partial charge in [0, 0.05) is 40.2 Å². The van der Waals surface area contributed by atoms with Crippen LogP contribution in [0.3, 0.4) is 0 Å². The van der Waals surface area contributed by atoms with Crippen LogP contribution in [0, 0.1) is 0 Å². The van der Waals surface area contributed by atoms with Crippen molar-refractivity contribution >= 4 is 5.91 Å². The van der Waals surface area contributed by atoms with Crippen LogP contribution in [0.25, 0.3) is 0 Å². The predicted molar refractivity (Wildman–Crippen MR) is 65.6 cm³/mol. The van der Waals surface area contributed by atoms with E-state index < -0.39 is 0 Å². The Kier molecular flexibility index (Phi) is 9.18. The zero-order valence-corrected chi connectivity index (χ0v) is 11.0. The number of carbonyl (C=O) groups is 1. The fraction of sp³-hybridized carbons (Fsp3) is 0.909. The molecule has 0 radical (unpaired) electrons. The van der Waals surface area contributed by atoms with E-state index in [4.69, 9.17) is 4.74 Å². The van der Waals surface area contributed by atoms with Gasteiger partial charge in [-0.05, 0) is 14.1 Å². The molecule has 0 aliphatic heterocycles. The molecule has 5 nitrogen and oxygen atoms in total. The summed E-state index contributed by atoms with van der Waals surface area (Å²) in [7, 11) is 7.59. The van der Waals surface area contributed by atoms with Gasteiger partial charge in [0.1, 0.15) is 0 Å². The van der Waals surface area contributed by atoms with E-state index in [-0.39, 0.29) is 5.91 Å². The van der Waals surface area contributed by atoms with Crippen molar-refractivity contribution in [3.63, 3.8) is 0 Å². The predicted octanol–water partition coefficient (Wildman–Crippen LogP) is -0.367. The van der Waals surface area contributed by atoms with Gasteiger partial charge in [-0.2, -0.15) is 0 Å². The normalized spacial score (nSPS) is 10.8. The van der Waals surface area contributed by atoms with Crippen molar-refractivity contribution in [2.75, 3.05) is 61.0 Å². The Morgan fingerprint density at radius 2 is 1.81 bits per heavy atom. The summed E-state index contributed by atoms with van der Waals surface area (Å²) in [5, 5.41) is 3.17. The number of amides is 1. The topological polar surface area (TPSA) is 44.8 Å². The molecule has 0 bridgehead atoms. The first kappa shape index (κ1) is 15.3. The molecule has 0 aliphatic rings. The van der Waals surface area contributed by atoms with Gasteiger partial charge < -0.3 is 19.9 Å². The van der Waals surface area contributed by atoms with E-state index in [1.54, 1.807) is 19.0 Å². The molecule has 0 aromatic carbocycles. The van der Waals surface area contributed by atoms with Crippen molar-refractivity contribution in [3.8, 4) is 0 Å². The third-order valence-corrected chi connectivity index (χ3v) is 2.12. The van der Waals surface area contributed by atoms with E-state index in [0.29, 0.717) is 19.6 Å². The second-order valence-electron chi connectivity index (χ2n) is 4.20. The van der Waals surface area contributed by atoms with Crippen molar-refractivity contribution < 1.29 is 9.53 Å². The van der Waals surface area contributed by atoms with Crippen LogP contribution in [-0.2, 0) is 9.53 Å². The summed E-state index contributed by atoms with van der Waals surface area (Å²) in [5.74, 6) is 0.154. The lowest BCUT2D eigenvalue weighted by atomic mass is 10.4. The summed E-state index contributed by atoms with van der Waals surface area (Å²) in [5.41, 5.74) is 0. The molecule has 0 saturated carbocycles. The molecule has 0 aromatic rings. The summed E-state index contributed by atoms with van der Waals surface area (Å²) >= 11 is 0. The Hall–Kier alpha value is -0.650. The third kappa shape index (κ3) is 9.89. The highest BCUT2D eigenvalue weighted by Gasteiger charge is 2.01. The summed E-state index contributed by atoms with van der Waals surface area (Å²) in [6.45, 7) is 3.91. The minimum atomic E-state index is 0.154. The molecule has 0 aromatic heterocycles. The molecule has 0 rings (SSSR count). The zero-order valence-electron chi connectivity index (χ0n) is 11.0. The number of ether oxygens (including phenoxy) is 1. The van der Waals surface area contributed by atoms with E-state index in [1.807, 2.05) is 14.1 Å². The Labute approximate surface area is 98.7 Å². The Balaban J connectivity index is 3.13. The molecule has 0 saturated heterocycles. The highest BCUT2D eigenvalue weighted by molar-refractivity contribution is 5.75. The van der Waals surface area contributed by atoms with E-state index in [0.717, 1.165) is 19.7 Å². The molecule has 0 fully saturated rings. The highest BCUT2D eigenvalue weighted by atomic mass is 16.5. The van der Waals surface area contributed by atoms with Gasteiger partial charge in [0.2, 0.25) is 5.91 Å².